The Labute approximate surface area is 221 Å². The maximum absolute atomic E-state index is 12.4. The molecule has 1 aromatic heterocycles. The standard InChI is InChI=1S/C29H20BrN3O2S/c30-25-14-8-7-13-24(25)28(34)35-23-17-15-20(16-18-23)19-31-33-29-32-26(21-9-3-1-4-10-21)27(36-29)22-11-5-2-6-12-22/h1-19H,(H,32,33)/b31-19-. The van der Waals surface area contributed by atoms with Gasteiger partial charge < -0.3 is 4.74 Å². The molecule has 4 aromatic carbocycles. The van der Waals surface area contributed by atoms with Crippen molar-refractivity contribution in [1.82, 2.24) is 4.98 Å². The number of carbonyl (C=O) groups is 1. The summed E-state index contributed by atoms with van der Waals surface area (Å²) < 4.78 is 6.17. The van der Waals surface area contributed by atoms with E-state index in [1.165, 1.54) is 0 Å². The van der Waals surface area contributed by atoms with E-state index in [0.717, 1.165) is 27.3 Å². The summed E-state index contributed by atoms with van der Waals surface area (Å²) in [4.78, 5) is 18.3. The van der Waals surface area contributed by atoms with E-state index in [0.29, 0.717) is 20.9 Å². The molecule has 1 N–H and O–H groups in total. The fourth-order valence-corrected chi connectivity index (χ4v) is 4.91. The number of hydrogen-bond acceptors (Lipinski definition) is 6. The van der Waals surface area contributed by atoms with E-state index in [4.69, 9.17) is 9.72 Å². The molecular weight excluding hydrogens is 534 g/mol. The number of esters is 1. The minimum Gasteiger partial charge on any atom is -0.423 e. The number of anilines is 1. The molecule has 0 saturated heterocycles. The van der Waals surface area contributed by atoms with Crippen LogP contribution in [0.25, 0.3) is 21.7 Å². The largest absolute Gasteiger partial charge is 0.423 e. The van der Waals surface area contributed by atoms with Crippen LogP contribution in [0, 0.1) is 0 Å². The molecule has 36 heavy (non-hydrogen) atoms. The number of rotatable bonds is 7. The average Bonchev–Trinajstić information content (AvgIpc) is 3.35. The summed E-state index contributed by atoms with van der Waals surface area (Å²) >= 11 is 4.93. The molecule has 0 radical (unpaired) electrons. The number of hydrogen-bond donors (Lipinski definition) is 1. The minimum absolute atomic E-state index is 0.419. The molecule has 1 heterocycles. The molecule has 5 rings (SSSR count). The van der Waals surface area contributed by atoms with E-state index < -0.39 is 5.97 Å². The van der Waals surface area contributed by atoms with Crippen LogP contribution in [0.3, 0.4) is 0 Å². The number of benzene rings is 4. The second-order valence-electron chi connectivity index (χ2n) is 7.74. The molecule has 0 unspecified atom stereocenters. The molecule has 0 saturated carbocycles. The highest BCUT2D eigenvalue weighted by atomic mass is 79.9. The Kier molecular flexibility index (Phi) is 7.30. The maximum atomic E-state index is 12.4. The van der Waals surface area contributed by atoms with Crippen molar-refractivity contribution in [3.8, 4) is 27.4 Å². The maximum Gasteiger partial charge on any atom is 0.344 e. The second kappa shape index (κ2) is 11.1. The van der Waals surface area contributed by atoms with Crippen molar-refractivity contribution in [2.24, 2.45) is 5.10 Å². The van der Waals surface area contributed by atoms with E-state index >= 15 is 0 Å². The molecule has 0 spiro atoms. The lowest BCUT2D eigenvalue weighted by molar-refractivity contribution is 0.0734. The normalized spacial score (nSPS) is 10.9. The zero-order valence-electron chi connectivity index (χ0n) is 19.0. The lowest BCUT2D eigenvalue weighted by Gasteiger charge is -2.06. The van der Waals surface area contributed by atoms with Crippen molar-refractivity contribution in [2.75, 3.05) is 5.43 Å². The van der Waals surface area contributed by atoms with Gasteiger partial charge in [-0.15, -0.1) is 0 Å². The predicted octanol–water partition coefficient (Wildman–Crippen LogP) is 7.90. The first-order valence-corrected chi connectivity index (χ1v) is 12.8. The van der Waals surface area contributed by atoms with Gasteiger partial charge in [0.2, 0.25) is 5.13 Å². The summed E-state index contributed by atoms with van der Waals surface area (Å²) in [6.45, 7) is 0. The van der Waals surface area contributed by atoms with Crippen LogP contribution in [0.2, 0.25) is 0 Å². The third-order valence-electron chi connectivity index (χ3n) is 5.27. The summed E-state index contributed by atoms with van der Waals surface area (Å²) in [5.41, 5.74) is 7.46. The van der Waals surface area contributed by atoms with Crippen LogP contribution in [0.15, 0.2) is 119 Å². The number of aromatic nitrogens is 1. The molecule has 5 aromatic rings. The minimum atomic E-state index is -0.419. The molecule has 0 aliphatic heterocycles. The average molecular weight is 554 g/mol. The molecule has 0 aliphatic rings. The van der Waals surface area contributed by atoms with Gasteiger partial charge in [-0.05, 0) is 63.5 Å². The van der Waals surface area contributed by atoms with Gasteiger partial charge in [-0.1, -0.05) is 84.1 Å². The Bertz CT molecular complexity index is 1440. The van der Waals surface area contributed by atoms with Crippen LogP contribution in [0.1, 0.15) is 15.9 Å². The predicted molar refractivity (Wildman–Crippen MR) is 150 cm³/mol. The quantitative estimate of drug-likeness (QED) is 0.0962. The number of thiazole rings is 1. The monoisotopic (exact) mass is 553 g/mol. The van der Waals surface area contributed by atoms with Gasteiger partial charge in [0.15, 0.2) is 0 Å². The fourth-order valence-electron chi connectivity index (χ4n) is 3.52. The number of nitrogens with one attached hydrogen (secondary N) is 1. The van der Waals surface area contributed by atoms with Crippen LogP contribution < -0.4 is 10.2 Å². The third kappa shape index (κ3) is 5.59. The lowest BCUT2D eigenvalue weighted by Crippen LogP contribution is -2.09. The Morgan fingerprint density at radius 3 is 2.17 bits per heavy atom. The SMILES string of the molecule is O=C(Oc1ccc(/C=N\Nc2nc(-c3ccccc3)c(-c3ccccc3)s2)cc1)c1ccccc1Br. The molecule has 0 fully saturated rings. The Balaban J connectivity index is 1.29. The van der Waals surface area contributed by atoms with Crippen molar-refractivity contribution in [3.63, 3.8) is 0 Å². The molecule has 176 valence electrons. The van der Waals surface area contributed by atoms with Gasteiger partial charge in [0.1, 0.15) is 5.75 Å². The van der Waals surface area contributed by atoms with Gasteiger partial charge >= 0.3 is 5.97 Å². The Morgan fingerprint density at radius 2 is 1.47 bits per heavy atom. The van der Waals surface area contributed by atoms with Crippen LogP contribution in [-0.2, 0) is 0 Å². The zero-order chi connectivity index (χ0) is 24.7. The molecular formula is C29H20BrN3O2S. The number of carbonyl (C=O) groups excluding carboxylic acids is 1. The van der Waals surface area contributed by atoms with E-state index in [1.807, 2.05) is 54.6 Å². The van der Waals surface area contributed by atoms with Crippen molar-refractivity contribution < 1.29 is 9.53 Å². The first-order chi connectivity index (χ1) is 17.7. The topological polar surface area (TPSA) is 63.6 Å². The van der Waals surface area contributed by atoms with Crippen LogP contribution >= 0.6 is 27.3 Å². The highest BCUT2D eigenvalue weighted by Crippen LogP contribution is 2.38. The highest BCUT2D eigenvalue weighted by Gasteiger charge is 2.15. The zero-order valence-corrected chi connectivity index (χ0v) is 21.4. The molecule has 5 nitrogen and oxygen atoms in total. The van der Waals surface area contributed by atoms with Gasteiger partial charge in [0.05, 0.1) is 22.3 Å². The Hall–Kier alpha value is -4.07. The molecule has 0 amide bonds. The summed E-state index contributed by atoms with van der Waals surface area (Å²) in [6.07, 6.45) is 1.70. The highest BCUT2D eigenvalue weighted by molar-refractivity contribution is 9.10. The molecule has 7 heteroatoms. The number of hydrazone groups is 1. The van der Waals surface area contributed by atoms with Crippen molar-refractivity contribution in [1.29, 1.82) is 0 Å². The van der Waals surface area contributed by atoms with E-state index in [1.54, 1.807) is 47.9 Å². The van der Waals surface area contributed by atoms with Crippen molar-refractivity contribution in [3.05, 3.63) is 125 Å². The first kappa shape index (κ1) is 23.7. The molecule has 0 atom stereocenters. The van der Waals surface area contributed by atoms with E-state index in [9.17, 15) is 4.79 Å². The Morgan fingerprint density at radius 1 is 0.833 bits per heavy atom. The molecule has 0 bridgehead atoms. The van der Waals surface area contributed by atoms with Crippen molar-refractivity contribution >= 4 is 44.6 Å². The lowest BCUT2D eigenvalue weighted by atomic mass is 10.1. The van der Waals surface area contributed by atoms with Gasteiger partial charge in [0, 0.05) is 10.0 Å². The fraction of sp³-hybridized carbons (Fsp3) is 0. The van der Waals surface area contributed by atoms with E-state index in [-0.39, 0.29) is 0 Å². The number of ether oxygens (including phenoxy) is 1. The summed E-state index contributed by atoms with van der Waals surface area (Å²) in [5.74, 6) is 0.0403. The van der Waals surface area contributed by atoms with E-state index in [2.05, 4.69) is 50.7 Å². The number of halogens is 1. The van der Waals surface area contributed by atoms with Crippen LogP contribution in [0.5, 0.6) is 5.75 Å². The van der Waals surface area contributed by atoms with Crippen molar-refractivity contribution in [2.45, 2.75) is 0 Å². The second-order valence-corrected chi connectivity index (χ2v) is 9.59. The van der Waals surface area contributed by atoms with Gasteiger partial charge in [-0.25, -0.2) is 9.78 Å². The van der Waals surface area contributed by atoms with Crippen LogP contribution in [-0.4, -0.2) is 17.2 Å². The van der Waals surface area contributed by atoms with Gasteiger partial charge in [0.25, 0.3) is 0 Å². The first-order valence-electron chi connectivity index (χ1n) is 11.1. The third-order valence-corrected chi connectivity index (χ3v) is 6.97. The van der Waals surface area contributed by atoms with Gasteiger partial charge in [-0.3, -0.25) is 5.43 Å². The number of nitrogens with zero attached hydrogens (tertiary/aromatic N) is 2. The summed E-state index contributed by atoms with van der Waals surface area (Å²) in [7, 11) is 0. The summed E-state index contributed by atoms with van der Waals surface area (Å²) in [5, 5.41) is 5.06. The van der Waals surface area contributed by atoms with Gasteiger partial charge in [-0.2, -0.15) is 5.10 Å². The molecule has 0 aliphatic carbocycles. The summed E-state index contributed by atoms with van der Waals surface area (Å²) in [6, 6.07) is 34.6. The van der Waals surface area contributed by atoms with Crippen LogP contribution in [0.4, 0.5) is 5.13 Å². The smallest absolute Gasteiger partial charge is 0.344 e.